The highest BCUT2D eigenvalue weighted by Gasteiger charge is 2.14. The first kappa shape index (κ1) is 18.3. The Morgan fingerprint density at radius 2 is 1.83 bits per heavy atom. The fourth-order valence-electron chi connectivity index (χ4n) is 1.95. The zero-order chi connectivity index (χ0) is 17.9. The second kappa shape index (κ2) is 7.67. The standard InChI is InChI=1S/C16H14Br2N2O4/c1-8(10-6-12(18)14(22)7-13(10)21)19-20-16(23)11-5-9(17)3-4-15(11)24-2/h3-7,21-22H,1-2H3,(H,20,23)/b19-8-. The largest absolute Gasteiger partial charge is 0.507 e. The predicted molar refractivity (Wildman–Crippen MR) is 97.8 cm³/mol. The van der Waals surface area contributed by atoms with Crippen LogP contribution in [0.25, 0.3) is 0 Å². The Bertz CT molecular complexity index is 822. The molecule has 2 rings (SSSR count). The Labute approximate surface area is 155 Å². The van der Waals surface area contributed by atoms with Gasteiger partial charge in [-0.15, -0.1) is 0 Å². The van der Waals surface area contributed by atoms with Crippen LogP contribution < -0.4 is 10.2 Å². The number of rotatable bonds is 4. The number of phenols is 2. The Kier molecular flexibility index (Phi) is 5.84. The maximum atomic E-state index is 12.3. The van der Waals surface area contributed by atoms with Gasteiger partial charge in [0.25, 0.3) is 5.91 Å². The van der Waals surface area contributed by atoms with Gasteiger partial charge in [0.2, 0.25) is 0 Å². The van der Waals surface area contributed by atoms with Crippen molar-refractivity contribution in [1.82, 2.24) is 5.43 Å². The number of hydrazone groups is 1. The van der Waals surface area contributed by atoms with Crippen molar-refractivity contribution >= 4 is 43.5 Å². The number of hydrogen-bond donors (Lipinski definition) is 3. The van der Waals surface area contributed by atoms with Gasteiger partial charge in [0.05, 0.1) is 22.9 Å². The van der Waals surface area contributed by atoms with E-state index in [1.807, 2.05) is 0 Å². The Morgan fingerprint density at radius 3 is 2.50 bits per heavy atom. The predicted octanol–water partition coefficient (Wildman–Crippen LogP) is 3.79. The Hall–Kier alpha value is -2.06. The third-order valence-electron chi connectivity index (χ3n) is 3.19. The van der Waals surface area contributed by atoms with E-state index in [0.29, 0.717) is 27.1 Å². The van der Waals surface area contributed by atoms with E-state index < -0.39 is 5.91 Å². The average Bonchev–Trinajstić information content (AvgIpc) is 2.55. The first-order chi connectivity index (χ1) is 11.3. The molecule has 0 unspecified atom stereocenters. The van der Waals surface area contributed by atoms with Gasteiger partial charge in [0.15, 0.2) is 0 Å². The summed E-state index contributed by atoms with van der Waals surface area (Å²) >= 11 is 6.47. The van der Waals surface area contributed by atoms with Crippen LogP contribution in [-0.4, -0.2) is 28.9 Å². The van der Waals surface area contributed by atoms with Gasteiger partial charge in [0, 0.05) is 16.1 Å². The molecule has 24 heavy (non-hydrogen) atoms. The highest BCUT2D eigenvalue weighted by Crippen LogP contribution is 2.31. The van der Waals surface area contributed by atoms with Gasteiger partial charge in [0.1, 0.15) is 17.2 Å². The molecular weight excluding hydrogens is 444 g/mol. The number of nitrogens with one attached hydrogen (secondary N) is 1. The van der Waals surface area contributed by atoms with Crippen LogP contribution in [0, 0.1) is 0 Å². The van der Waals surface area contributed by atoms with Crippen LogP contribution >= 0.6 is 31.9 Å². The van der Waals surface area contributed by atoms with Crippen molar-refractivity contribution in [3.63, 3.8) is 0 Å². The van der Waals surface area contributed by atoms with Crippen molar-refractivity contribution in [1.29, 1.82) is 0 Å². The third kappa shape index (κ3) is 4.07. The maximum Gasteiger partial charge on any atom is 0.275 e. The molecule has 8 heteroatoms. The summed E-state index contributed by atoms with van der Waals surface area (Å²) in [6.45, 7) is 1.62. The summed E-state index contributed by atoms with van der Waals surface area (Å²) in [5.41, 5.74) is 3.49. The summed E-state index contributed by atoms with van der Waals surface area (Å²) in [5.74, 6) is -0.276. The lowest BCUT2D eigenvalue weighted by atomic mass is 10.1. The zero-order valence-corrected chi connectivity index (χ0v) is 16.0. The summed E-state index contributed by atoms with van der Waals surface area (Å²) < 4.78 is 6.29. The number of ether oxygens (including phenoxy) is 1. The van der Waals surface area contributed by atoms with Crippen LogP contribution in [0.4, 0.5) is 0 Å². The number of halogens is 2. The number of hydrogen-bond acceptors (Lipinski definition) is 5. The smallest absolute Gasteiger partial charge is 0.275 e. The van der Waals surface area contributed by atoms with E-state index in [9.17, 15) is 15.0 Å². The lowest BCUT2D eigenvalue weighted by Crippen LogP contribution is -2.20. The van der Waals surface area contributed by atoms with Crippen LogP contribution in [0.1, 0.15) is 22.8 Å². The van der Waals surface area contributed by atoms with E-state index in [-0.39, 0.29) is 11.5 Å². The molecule has 0 atom stereocenters. The minimum absolute atomic E-state index is 0.0908. The molecule has 0 aliphatic rings. The first-order valence-corrected chi connectivity index (χ1v) is 8.32. The third-order valence-corrected chi connectivity index (χ3v) is 4.31. The van der Waals surface area contributed by atoms with Crippen LogP contribution in [0.3, 0.4) is 0 Å². The summed E-state index contributed by atoms with van der Waals surface area (Å²) in [6, 6.07) is 7.75. The SMILES string of the molecule is COc1ccc(Br)cc1C(=O)N/N=C(/C)c1cc(Br)c(O)cc1O. The van der Waals surface area contributed by atoms with Crippen molar-refractivity contribution < 1.29 is 19.7 Å². The molecule has 2 aromatic rings. The molecule has 0 aliphatic carbocycles. The normalized spacial score (nSPS) is 11.2. The second-order valence-corrected chi connectivity index (χ2v) is 6.57. The van der Waals surface area contributed by atoms with Crippen molar-refractivity contribution in [2.24, 2.45) is 5.10 Å². The quantitative estimate of drug-likeness (QED) is 0.481. The Morgan fingerprint density at radius 1 is 1.12 bits per heavy atom. The molecular formula is C16H14Br2N2O4. The van der Waals surface area contributed by atoms with Crippen LogP contribution in [0.2, 0.25) is 0 Å². The number of benzene rings is 2. The average molecular weight is 458 g/mol. The molecule has 2 aromatic carbocycles. The number of phenolic OH excluding ortho intramolecular Hbond substituents is 2. The van der Waals surface area contributed by atoms with Crippen LogP contribution in [0.15, 0.2) is 44.4 Å². The molecule has 0 radical (unpaired) electrons. The van der Waals surface area contributed by atoms with Crippen molar-refractivity contribution in [2.45, 2.75) is 6.92 Å². The van der Waals surface area contributed by atoms with E-state index >= 15 is 0 Å². The minimum atomic E-state index is -0.454. The van der Waals surface area contributed by atoms with Crippen molar-refractivity contribution in [3.8, 4) is 17.2 Å². The molecule has 0 aliphatic heterocycles. The molecule has 1 amide bonds. The van der Waals surface area contributed by atoms with Crippen molar-refractivity contribution in [3.05, 3.63) is 50.4 Å². The highest BCUT2D eigenvalue weighted by atomic mass is 79.9. The molecule has 6 nitrogen and oxygen atoms in total. The first-order valence-electron chi connectivity index (χ1n) is 6.73. The summed E-state index contributed by atoms with van der Waals surface area (Å²) in [6.07, 6.45) is 0. The van der Waals surface area contributed by atoms with Crippen LogP contribution in [0.5, 0.6) is 17.2 Å². The molecule has 0 aromatic heterocycles. The second-order valence-electron chi connectivity index (χ2n) is 4.80. The number of aromatic hydroxyl groups is 2. The van der Waals surface area contributed by atoms with Gasteiger partial charge in [-0.3, -0.25) is 4.79 Å². The fourth-order valence-corrected chi connectivity index (χ4v) is 2.66. The number of nitrogens with zero attached hydrogens (tertiary/aromatic N) is 1. The molecule has 0 saturated carbocycles. The van der Waals surface area contributed by atoms with E-state index in [1.165, 1.54) is 19.2 Å². The lowest BCUT2D eigenvalue weighted by molar-refractivity contribution is 0.0951. The van der Waals surface area contributed by atoms with Gasteiger partial charge in [-0.2, -0.15) is 5.10 Å². The number of carbonyl (C=O) groups is 1. The van der Waals surface area contributed by atoms with Crippen LogP contribution in [-0.2, 0) is 0 Å². The molecule has 0 saturated heterocycles. The number of amides is 1. The molecule has 0 spiro atoms. The topological polar surface area (TPSA) is 91.2 Å². The fraction of sp³-hybridized carbons (Fsp3) is 0.125. The Balaban J connectivity index is 2.26. The number of methoxy groups -OCH3 is 1. The van der Waals surface area contributed by atoms with E-state index in [2.05, 4.69) is 42.4 Å². The maximum absolute atomic E-state index is 12.3. The molecule has 0 fully saturated rings. The number of carbonyl (C=O) groups excluding carboxylic acids is 1. The van der Waals surface area contributed by atoms with E-state index in [4.69, 9.17) is 4.74 Å². The molecule has 0 bridgehead atoms. The summed E-state index contributed by atoms with van der Waals surface area (Å²) in [7, 11) is 1.47. The van der Waals surface area contributed by atoms with Gasteiger partial charge >= 0.3 is 0 Å². The molecule has 0 heterocycles. The summed E-state index contributed by atoms with van der Waals surface area (Å²) in [5, 5.41) is 23.4. The highest BCUT2D eigenvalue weighted by molar-refractivity contribution is 9.10. The summed E-state index contributed by atoms with van der Waals surface area (Å²) in [4.78, 5) is 12.3. The monoisotopic (exact) mass is 456 g/mol. The van der Waals surface area contributed by atoms with Gasteiger partial charge < -0.3 is 14.9 Å². The molecule has 3 N–H and O–H groups in total. The molecule has 126 valence electrons. The van der Waals surface area contributed by atoms with Gasteiger partial charge in [-0.1, -0.05) is 15.9 Å². The van der Waals surface area contributed by atoms with Gasteiger partial charge in [-0.25, -0.2) is 5.43 Å². The van der Waals surface area contributed by atoms with Gasteiger partial charge in [-0.05, 0) is 47.1 Å². The lowest BCUT2D eigenvalue weighted by Gasteiger charge is -2.09. The zero-order valence-electron chi connectivity index (χ0n) is 12.8. The van der Waals surface area contributed by atoms with E-state index in [1.54, 1.807) is 25.1 Å². The minimum Gasteiger partial charge on any atom is -0.507 e. The van der Waals surface area contributed by atoms with Crippen molar-refractivity contribution in [2.75, 3.05) is 7.11 Å². The van der Waals surface area contributed by atoms with E-state index in [0.717, 1.165) is 4.47 Å².